The van der Waals surface area contributed by atoms with E-state index in [2.05, 4.69) is 41.3 Å². The Labute approximate surface area is 98.9 Å². The zero-order valence-electron chi connectivity index (χ0n) is 10.7. The van der Waals surface area contributed by atoms with Gasteiger partial charge in [0.1, 0.15) is 0 Å². The molecule has 3 nitrogen and oxygen atoms in total. The third kappa shape index (κ3) is 5.24. The minimum Gasteiger partial charge on any atom is -0.317 e. The third-order valence-corrected chi connectivity index (χ3v) is 2.52. The Morgan fingerprint density at radius 1 is 1.38 bits per heavy atom. The molecule has 1 N–H and O–H groups in total. The molecule has 0 radical (unpaired) electrons. The lowest BCUT2D eigenvalue weighted by Crippen LogP contribution is -2.24. The Hall–Kier alpha value is -0.930. The zero-order valence-corrected chi connectivity index (χ0v) is 10.7. The molecule has 0 aliphatic carbocycles. The van der Waals surface area contributed by atoms with Crippen molar-refractivity contribution in [3.05, 3.63) is 29.6 Å². The maximum Gasteiger partial charge on any atom is 0.0547 e. The van der Waals surface area contributed by atoms with Crippen LogP contribution in [0.1, 0.15) is 24.7 Å². The van der Waals surface area contributed by atoms with Crippen LogP contribution in [0.5, 0.6) is 0 Å². The summed E-state index contributed by atoms with van der Waals surface area (Å²) in [7, 11) is 2.15. The smallest absolute Gasteiger partial charge is 0.0547 e. The van der Waals surface area contributed by atoms with Gasteiger partial charge in [0.2, 0.25) is 0 Å². The van der Waals surface area contributed by atoms with Crippen LogP contribution in [0.3, 0.4) is 0 Å². The van der Waals surface area contributed by atoms with Crippen LogP contribution in [0.2, 0.25) is 0 Å². The highest BCUT2D eigenvalue weighted by molar-refractivity contribution is 5.09. The predicted molar refractivity (Wildman–Crippen MR) is 68.5 cm³/mol. The largest absolute Gasteiger partial charge is 0.317 e. The first-order valence-corrected chi connectivity index (χ1v) is 6.04. The van der Waals surface area contributed by atoms with Crippen LogP contribution < -0.4 is 5.32 Å². The highest BCUT2D eigenvalue weighted by Crippen LogP contribution is 2.01. The Bertz CT molecular complexity index is 299. The van der Waals surface area contributed by atoms with E-state index in [-0.39, 0.29) is 0 Å². The van der Waals surface area contributed by atoms with Gasteiger partial charge in [0.25, 0.3) is 0 Å². The lowest BCUT2D eigenvalue weighted by atomic mass is 10.3. The Morgan fingerprint density at radius 3 is 2.88 bits per heavy atom. The lowest BCUT2D eigenvalue weighted by molar-refractivity contribution is 0.316. The van der Waals surface area contributed by atoms with E-state index in [1.807, 2.05) is 13.0 Å². The van der Waals surface area contributed by atoms with E-state index in [1.165, 1.54) is 6.42 Å². The molecule has 0 amide bonds. The van der Waals surface area contributed by atoms with E-state index in [0.717, 1.165) is 37.6 Å². The van der Waals surface area contributed by atoms with Gasteiger partial charge in [-0.25, -0.2) is 0 Å². The summed E-state index contributed by atoms with van der Waals surface area (Å²) in [5, 5.41) is 3.33. The van der Waals surface area contributed by atoms with Gasteiger partial charge in [-0.3, -0.25) is 4.98 Å². The molecular weight excluding hydrogens is 198 g/mol. The first-order chi connectivity index (χ1) is 7.72. The number of aromatic nitrogens is 1. The molecule has 1 aromatic heterocycles. The van der Waals surface area contributed by atoms with E-state index < -0.39 is 0 Å². The first kappa shape index (κ1) is 13.1. The van der Waals surface area contributed by atoms with Crippen molar-refractivity contribution in [3.8, 4) is 0 Å². The van der Waals surface area contributed by atoms with Crippen LogP contribution in [-0.4, -0.2) is 36.6 Å². The van der Waals surface area contributed by atoms with Crippen LogP contribution in [0.4, 0.5) is 0 Å². The maximum atomic E-state index is 4.50. The molecular formula is C13H23N3. The molecule has 1 aromatic rings. The summed E-state index contributed by atoms with van der Waals surface area (Å²) in [4.78, 5) is 6.82. The van der Waals surface area contributed by atoms with Crippen molar-refractivity contribution in [3.63, 3.8) is 0 Å². The minimum atomic E-state index is 0.938. The minimum absolute atomic E-state index is 0.938. The van der Waals surface area contributed by atoms with E-state index in [1.54, 1.807) is 0 Å². The molecule has 16 heavy (non-hydrogen) atoms. The summed E-state index contributed by atoms with van der Waals surface area (Å²) in [6.45, 7) is 8.39. The van der Waals surface area contributed by atoms with Gasteiger partial charge in [-0.2, -0.15) is 0 Å². The van der Waals surface area contributed by atoms with Crippen LogP contribution in [0.25, 0.3) is 0 Å². The zero-order chi connectivity index (χ0) is 11.8. The first-order valence-electron chi connectivity index (χ1n) is 6.04. The summed E-state index contributed by atoms with van der Waals surface area (Å²) >= 11 is 0. The van der Waals surface area contributed by atoms with E-state index in [0.29, 0.717) is 0 Å². The topological polar surface area (TPSA) is 28.2 Å². The van der Waals surface area contributed by atoms with Gasteiger partial charge in [-0.05, 0) is 52.2 Å². The molecule has 0 saturated carbocycles. The second-order valence-electron chi connectivity index (χ2n) is 4.22. The van der Waals surface area contributed by atoms with Gasteiger partial charge >= 0.3 is 0 Å². The number of hydrogen-bond donors (Lipinski definition) is 1. The Kier molecular flexibility index (Phi) is 6.04. The second kappa shape index (κ2) is 7.36. The molecule has 1 rings (SSSR count). The van der Waals surface area contributed by atoms with E-state index in [9.17, 15) is 0 Å². The van der Waals surface area contributed by atoms with Crippen LogP contribution in [-0.2, 0) is 6.54 Å². The molecule has 0 spiro atoms. The highest BCUT2D eigenvalue weighted by atomic mass is 15.1. The summed E-state index contributed by atoms with van der Waals surface area (Å²) in [5.74, 6) is 0. The number of aryl methyl sites for hydroxylation is 1. The lowest BCUT2D eigenvalue weighted by Gasteiger charge is -2.16. The SMILES string of the molecule is CCNCCCN(C)Cc1cccc(C)n1. The van der Waals surface area contributed by atoms with Gasteiger partial charge < -0.3 is 10.2 Å². The maximum absolute atomic E-state index is 4.50. The molecule has 90 valence electrons. The molecule has 0 unspecified atom stereocenters. The van der Waals surface area contributed by atoms with Gasteiger partial charge in [-0.15, -0.1) is 0 Å². The molecule has 0 aromatic carbocycles. The van der Waals surface area contributed by atoms with Crippen molar-refractivity contribution < 1.29 is 0 Å². The van der Waals surface area contributed by atoms with Gasteiger partial charge in [-0.1, -0.05) is 13.0 Å². The van der Waals surface area contributed by atoms with Crippen LogP contribution in [0, 0.1) is 6.92 Å². The Balaban J connectivity index is 2.25. The summed E-state index contributed by atoms with van der Waals surface area (Å²) < 4.78 is 0. The molecule has 0 saturated heterocycles. The van der Waals surface area contributed by atoms with Crippen LogP contribution in [0.15, 0.2) is 18.2 Å². The van der Waals surface area contributed by atoms with Crippen LogP contribution >= 0.6 is 0 Å². The fourth-order valence-corrected chi connectivity index (χ4v) is 1.69. The molecule has 0 bridgehead atoms. The average Bonchev–Trinajstić information content (AvgIpc) is 2.24. The standard InChI is InChI=1S/C13H23N3/c1-4-14-9-6-10-16(3)11-13-8-5-7-12(2)15-13/h5,7-8,14H,4,6,9-11H2,1-3H3. The quantitative estimate of drug-likeness (QED) is 0.712. The predicted octanol–water partition coefficient (Wildman–Crippen LogP) is 1.82. The number of pyridine rings is 1. The number of nitrogens with zero attached hydrogens (tertiary/aromatic N) is 2. The molecule has 1 heterocycles. The van der Waals surface area contributed by atoms with Crippen molar-refractivity contribution >= 4 is 0 Å². The molecule has 0 fully saturated rings. The summed E-state index contributed by atoms with van der Waals surface area (Å²) in [6.07, 6.45) is 1.19. The van der Waals surface area contributed by atoms with Crippen molar-refractivity contribution in [1.82, 2.24) is 15.2 Å². The van der Waals surface area contributed by atoms with Gasteiger partial charge in [0.05, 0.1) is 5.69 Å². The second-order valence-corrected chi connectivity index (χ2v) is 4.22. The number of rotatable bonds is 7. The van der Waals surface area contributed by atoms with Crippen molar-refractivity contribution in [2.24, 2.45) is 0 Å². The number of hydrogen-bond acceptors (Lipinski definition) is 3. The monoisotopic (exact) mass is 221 g/mol. The summed E-state index contributed by atoms with van der Waals surface area (Å²) in [6, 6.07) is 6.20. The van der Waals surface area contributed by atoms with Crippen molar-refractivity contribution in [1.29, 1.82) is 0 Å². The molecule has 0 aliphatic rings. The highest BCUT2D eigenvalue weighted by Gasteiger charge is 2.01. The Morgan fingerprint density at radius 2 is 2.19 bits per heavy atom. The molecule has 3 heteroatoms. The molecule has 0 atom stereocenters. The third-order valence-electron chi connectivity index (χ3n) is 2.52. The average molecular weight is 221 g/mol. The number of nitrogens with one attached hydrogen (secondary N) is 1. The van der Waals surface area contributed by atoms with E-state index in [4.69, 9.17) is 0 Å². The fraction of sp³-hybridized carbons (Fsp3) is 0.615. The normalized spacial score (nSPS) is 11.0. The van der Waals surface area contributed by atoms with E-state index >= 15 is 0 Å². The van der Waals surface area contributed by atoms with Gasteiger partial charge in [0, 0.05) is 12.2 Å². The fourth-order valence-electron chi connectivity index (χ4n) is 1.69. The van der Waals surface area contributed by atoms with Gasteiger partial charge in [0.15, 0.2) is 0 Å². The van der Waals surface area contributed by atoms with Crippen molar-refractivity contribution in [2.75, 3.05) is 26.7 Å². The molecule has 0 aliphatic heterocycles. The summed E-state index contributed by atoms with van der Waals surface area (Å²) in [5.41, 5.74) is 2.25. The van der Waals surface area contributed by atoms with Crippen molar-refractivity contribution in [2.45, 2.75) is 26.8 Å².